The topological polar surface area (TPSA) is 64.3 Å². The average Bonchev–Trinajstić information content (AvgIpc) is 2.53. The molecule has 0 unspecified atom stereocenters. The van der Waals surface area contributed by atoms with E-state index in [1.54, 1.807) is 0 Å². The summed E-state index contributed by atoms with van der Waals surface area (Å²) in [6, 6.07) is 0. The lowest BCUT2D eigenvalue weighted by Gasteiger charge is -2.25. The van der Waals surface area contributed by atoms with Crippen LogP contribution in [-0.4, -0.2) is 31.2 Å². The molecule has 0 aliphatic carbocycles. The minimum atomic E-state index is -0.422. The Morgan fingerprint density at radius 3 is 2.86 bits per heavy atom. The van der Waals surface area contributed by atoms with Crippen LogP contribution in [0.15, 0.2) is 0 Å². The van der Waals surface area contributed by atoms with E-state index in [1.165, 1.54) is 0 Å². The Balaban J connectivity index is 2.38. The predicted molar refractivity (Wildman–Crippen MR) is 54.8 cm³/mol. The molecular weight excluding hydrogens is 180 g/mol. The van der Waals surface area contributed by atoms with Gasteiger partial charge in [0.05, 0.1) is 5.92 Å². The van der Waals surface area contributed by atoms with Gasteiger partial charge in [0.1, 0.15) is 5.60 Å². The van der Waals surface area contributed by atoms with Gasteiger partial charge in [-0.2, -0.15) is 0 Å². The number of esters is 1. The van der Waals surface area contributed by atoms with Crippen molar-refractivity contribution in [1.29, 1.82) is 0 Å². The van der Waals surface area contributed by atoms with Gasteiger partial charge in [-0.15, -0.1) is 0 Å². The molecule has 0 aromatic rings. The van der Waals surface area contributed by atoms with Gasteiger partial charge in [0, 0.05) is 6.54 Å². The zero-order valence-corrected chi connectivity index (χ0v) is 9.01. The van der Waals surface area contributed by atoms with Crippen molar-refractivity contribution in [2.45, 2.75) is 32.3 Å². The van der Waals surface area contributed by atoms with Crippen molar-refractivity contribution in [1.82, 2.24) is 5.32 Å². The normalized spacial score (nSPS) is 22.4. The minimum absolute atomic E-state index is 0.0343. The monoisotopic (exact) mass is 200 g/mol. The summed E-state index contributed by atoms with van der Waals surface area (Å²) in [6.45, 7) is 6.01. The van der Waals surface area contributed by atoms with E-state index in [0.29, 0.717) is 13.0 Å². The van der Waals surface area contributed by atoms with Crippen molar-refractivity contribution in [3.05, 3.63) is 0 Å². The van der Waals surface area contributed by atoms with Crippen molar-refractivity contribution in [3.8, 4) is 0 Å². The molecule has 0 aromatic carbocycles. The maximum Gasteiger partial charge on any atom is 0.310 e. The summed E-state index contributed by atoms with van der Waals surface area (Å²) in [7, 11) is 0. The molecule has 3 N–H and O–H groups in total. The van der Waals surface area contributed by atoms with Gasteiger partial charge in [-0.1, -0.05) is 0 Å². The largest absolute Gasteiger partial charge is 0.459 e. The Labute approximate surface area is 85.2 Å². The highest BCUT2D eigenvalue weighted by Crippen LogP contribution is 2.18. The summed E-state index contributed by atoms with van der Waals surface area (Å²) in [5.74, 6) is -0.0551. The van der Waals surface area contributed by atoms with Crippen molar-refractivity contribution >= 4 is 5.97 Å². The quantitative estimate of drug-likeness (QED) is 0.639. The van der Waals surface area contributed by atoms with Crippen LogP contribution in [0.2, 0.25) is 0 Å². The molecule has 0 saturated carbocycles. The first kappa shape index (κ1) is 11.5. The minimum Gasteiger partial charge on any atom is -0.459 e. The molecule has 1 fully saturated rings. The predicted octanol–water partition coefficient (Wildman–Crippen LogP) is 0.267. The van der Waals surface area contributed by atoms with E-state index >= 15 is 0 Å². The fraction of sp³-hybridized carbons (Fsp3) is 0.900. The van der Waals surface area contributed by atoms with Gasteiger partial charge in [0.2, 0.25) is 0 Å². The molecule has 1 atom stereocenters. The zero-order valence-electron chi connectivity index (χ0n) is 9.01. The summed E-state index contributed by atoms with van der Waals surface area (Å²) in [4.78, 5) is 11.6. The van der Waals surface area contributed by atoms with E-state index in [2.05, 4.69) is 5.32 Å². The second kappa shape index (κ2) is 4.75. The molecule has 4 heteroatoms. The summed E-state index contributed by atoms with van der Waals surface area (Å²) in [5, 5.41) is 3.15. The fourth-order valence-electron chi connectivity index (χ4n) is 1.61. The number of nitrogens with one attached hydrogen (secondary N) is 1. The number of hydrogen-bond donors (Lipinski definition) is 2. The Morgan fingerprint density at radius 2 is 2.36 bits per heavy atom. The first-order valence-corrected chi connectivity index (χ1v) is 5.19. The second-order valence-corrected chi connectivity index (χ2v) is 4.41. The molecule has 14 heavy (non-hydrogen) atoms. The van der Waals surface area contributed by atoms with Crippen LogP contribution in [0, 0.1) is 5.92 Å². The van der Waals surface area contributed by atoms with Crippen LogP contribution in [0.25, 0.3) is 0 Å². The first-order valence-electron chi connectivity index (χ1n) is 5.19. The standard InChI is InChI=1S/C10H20N2O2/c1-10(2,4-5-11)14-9(13)8-3-6-12-7-8/h8,12H,3-7,11H2,1-2H3/t8-/m1/s1. The molecule has 1 aliphatic rings. The number of nitrogens with two attached hydrogens (primary N) is 1. The van der Waals surface area contributed by atoms with Crippen molar-refractivity contribution in [2.24, 2.45) is 11.7 Å². The van der Waals surface area contributed by atoms with Crippen LogP contribution in [0.3, 0.4) is 0 Å². The Hall–Kier alpha value is -0.610. The lowest BCUT2D eigenvalue weighted by Crippen LogP contribution is -2.34. The van der Waals surface area contributed by atoms with Crippen LogP contribution in [-0.2, 0) is 9.53 Å². The Bertz CT molecular complexity index is 198. The second-order valence-electron chi connectivity index (χ2n) is 4.41. The van der Waals surface area contributed by atoms with Gasteiger partial charge >= 0.3 is 5.97 Å². The molecule has 0 radical (unpaired) electrons. The van der Waals surface area contributed by atoms with Crippen LogP contribution in [0.4, 0.5) is 0 Å². The van der Waals surface area contributed by atoms with Gasteiger partial charge in [0.25, 0.3) is 0 Å². The van der Waals surface area contributed by atoms with Gasteiger partial charge in [0.15, 0.2) is 0 Å². The Kier molecular flexibility index (Phi) is 3.89. The van der Waals surface area contributed by atoms with Crippen molar-refractivity contribution < 1.29 is 9.53 Å². The van der Waals surface area contributed by atoms with E-state index in [0.717, 1.165) is 19.5 Å². The van der Waals surface area contributed by atoms with Crippen LogP contribution >= 0.6 is 0 Å². The third kappa shape index (κ3) is 3.27. The number of hydrogen-bond acceptors (Lipinski definition) is 4. The molecule has 1 heterocycles. The highest BCUT2D eigenvalue weighted by molar-refractivity contribution is 5.73. The highest BCUT2D eigenvalue weighted by Gasteiger charge is 2.29. The first-order chi connectivity index (χ1) is 6.55. The van der Waals surface area contributed by atoms with Gasteiger partial charge in [-0.25, -0.2) is 0 Å². The lowest BCUT2D eigenvalue weighted by molar-refractivity contribution is -0.161. The summed E-state index contributed by atoms with van der Waals surface area (Å²) in [5.41, 5.74) is 5.02. The lowest BCUT2D eigenvalue weighted by atomic mass is 10.0. The molecule has 0 amide bonds. The molecule has 82 valence electrons. The number of rotatable bonds is 4. The van der Waals surface area contributed by atoms with Crippen LogP contribution < -0.4 is 11.1 Å². The van der Waals surface area contributed by atoms with Crippen LogP contribution in [0.1, 0.15) is 26.7 Å². The Morgan fingerprint density at radius 1 is 1.64 bits per heavy atom. The fourth-order valence-corrected chi connectivity index (χ4v) is 1.61. The highest BCUT2D eigenvalue weighted by atomic mass is 16.6. The molecule has 0 aromatic heterocycles. The number of ether oxygens (including phenoxy) is 1. The third-order valence-electron chi connectivity index (χ3n) is 2.52. The average molecular weight is 200 g/mol. The maximum absolute atomic E-state index is 11.6. The molecule has 1 rings (SSSR count). The zero-order chi connectivity index (χ0) is 10.6. The molecule has 0 spiro atoms. The van der Waals surface area contributed by atoms with Crippen molar-refractivity contribution in [3.63, 3.8) is 0 Å². The SMILES string of the molecule is CC(C)(CCN)OC(=O)[C@@H]1CCNC1. The summed E-state index contributed by atoms with van der Waals surface area (Å²) >= 11 is 0. The molecule has 1 aliphatic heterocycles. The smallest absolute Gasteiger partial charge is 0.310 e. The number of carbonyl (C=O) groups is 1. The summed E-state index contributed by atoms with van der Waals surface area (Å²) in [6.07, 6.45) is 1.59. The van der Waals surface area contributed by atoms with E-state index in [9.17, 15) is 4.79 Å². The third-order valence-corrected chi connectivity index (χ3v) is 2.52. The van der Waals surface area contributed by atoms with E-state index in [-0.39, 0.29) is 11.9 Å². The van der Waals surface area contributed by atoms with Gasteiger partial charge in [-0.05, 0) is 39.8 Å². The number of carbonyl (C=O) groups excluding carboxylic acids is 1. The molecular formula is C10H20N2O2. The maximum atomic E-state index is 11.6. The molecule has 0 bridgehead atoms. The van der Waals surface area contributed by atoms with E-state index < -0.39 is 5.60 Å². The van der Waals surface area contributed by atoms with E-state index in [1.807, 2.05) is 13.8 Å². The molecule has 1 saturated heterocycles. The molecule has 4 nitrogen and oxygen atoms in total. The van der Waals surface area contributed by atoms with Gasteiger partial charge in [-0.3, -0.25) is 4.79 Å². The van der Waals surface area contributed by atoms with Crippen molar-refractivity contribution in [2.75, 3.05) is 19.6 Å². The van der Waals surface area contributed by atoms with Gasteiger partial charge < -0.3 is 15.8 Å². The summed E-state index contributed by atoms with van der Waals surface area (Å²) < 4.78 is 5.40. The van der Waals surface area contributed by atoms with E-state index in [4.69, 9.17) is 10.5 Å². The van der Waals surface area contributed by atoms with Crippen LogP contribution in [0.5, 0.6) is 0 Å².